The Morgan fingerprint density at radius 2 is 1.82 bits per heavy atom. The van der Waals surface area contributed by atoms with E-state index in [2.05, 4.69) is 5.32 Å². The summed E-state index contributed by atoms with van der Waals surface area (Å²) < 4.78 is 13.7. The van der Waals surface area contributed by atoms with E-state index in [0.29, 0.717) is 6.54 Å². The standard InChI is InChI=1S/C14H14FNS/c1-16-10-12-13(15)8-5-9-14(12)17-11-6-3-2-4-7-11/h2-9,16H,10H2,1H3. The van der Waals surface area contributed by atoms with E-state index < -0.39 is 0 Å². The van der Waals surface area contributed by atoms with Gasteiger partial charge in [0.15, 0.2) is 0 Å². The monoisotopic (exact) mass is 247 g/mol. The minimum Gasteiger partial charge on any atom is -0.316 e. The highest BCUT2D eigenvalue weighted by Crippen LogP contribution is 2.31. The van der Waals surface area contributed by atoms with Crippen molar-refractivity contribution < 1.29 is 4.39 Å². The lowest BCUT2D eigenvalue weighted by molar-refractivity contribution is 0.594. The minimum atomic E-state index is -0.153. The van der Waals surface area contributed by atoms with Gasteiger partial charge in [-0.3, -0.25) is 0 Å². The number of benzene rings is 2. The summed E-state index contributed by atoms with van der Waals surface area (Å²) in [5.74, 6) is -0.153. The fourth-order valence-electron chi connectivity index (χ4n) is 1.60. The van der Waals surface area contributed by atoms with Gasteiger partial charge in [0, 0.05) is 21.9 Å². The lowest BCUT2D eigenvalue weighted by Crippen LogP contribution is -2.08. The van der Waals surface area contributed by atoms with Crippen molar-refractivity contribution in [1.82, 2.24) is 5.32 Å². The summed E-state index contributed by atoms with van der Waals surface area (Å²) in [5.41, 5.74) is 0.726. The van der Waals surface area contributed by atoms with E-state index in [1.165, 1.54) is 6.07 Å². The summed E-state index contributed by atoms with van der Waals surface area (Å²) in [4.78, 5) is 2.08. The molecule has 2 aromatic rings. The molecule has 2 aromatic carbocycles. The van der Waals surface area contributed by atoms with E-state index in [1.54, 1.807) is 17.8 Å². The van der Waals surface area contributed by atoms with Crippen LogP contribution in [0.4, 0.5) is 4.39 Å². The van der Waals surface area contributed by atoms with Gasteiger partial charge in [0.1, 0.15) is 5.82 Å². The first-order valence-corrected chi connectivity index (χ1v) is 6.28. The molecule has 2 rings (SSSR count). The van der Waals surface area contributed by atoms with Crippen LogP contribution in [0.25, 0.3) is 0 Å². The Labute approximate surface area is 105 Å². The molecule has 0 spiro atoms. The van der Waals surface area contributed by atoms with Gasteiger partial charge < -0.3 is 5.32 Å². The second-order valence-corrected chi connectivity index (χ2v) is 4.78. The van der Waals surface area contributed by atoms with Crippen molar-refractivity contribution in [3.05, 3.63) is 59.9 Å². The highest BCUT2D eigenvalue weighted by atomic mass is 32.2. The molecule has 1 N–H and O–H groups in total. The van der Waals surface area contributed by atoms with Crippen molar-refractivity contribution in [2.45, 2.75) is 16.3 Å². The second-order valence-electron chi connectivity index (χ2n) is 3.66. The molecular weight excluding hydrogens is 233 g/mol. The Balaban J connectivity index is 2.29. The van der Waals surface area contributed by atoms with Gasteiger partial charge in [0.25, 0.3) is 0 Å². The predicted molar refractivity (Wildman–Crippen MR) is 69.7 cm³/mol. The average Bonchev–Trinajstić information content (AvgIpc) is 2.35. The Hall–Kier alpha value is -1.32. The highest BCUT2D eigenvalue weighted by Gasteiger charge is 2.08. The quantitative estimate of drug-likeness (QED) is 0.884. The predicted octanol–water partition coefficient (Wildman–Crippen LogP) is 3.70. The van der Waals surface area contributed by atoms with Crippen molar-refractivity contribution >= 4 is 11.8 Å². The van der Waals surface area contributed by atoms with Gasteiger partial charge in [0.05, 0.1) is 0 Å². The summed E-state index contributed by atoms with van der Waals surface area (Å²) in [6.45, 7) is 0.543. The van der Waals surface area contributed by atoms with Crippen molar-refractivity contribution in [1.29, 1.82) is 0 Å². The zero-order chi connectivity index (χ0) is 12.1. The molecule has 1 nitrogen and oxygen atoms in total. The molecule has 0 unspecified atom stereocenters. The van der Waals surface area contributed by atoms with Gasteiger partial charge in [-0.05, 0) is 31.3 Å². The van der Waals surface area contributed by atoms with Crippen LogP contribution in [0.5, 0.6) is 0 Å². The number of rotatable bonds is 4. The van der Waals surface area contributed by atoms with E-state index in [9.17, 15) is 4.39 Å². The number of hydrogen-bond acceptors (Lipinski definition) is 2. The van der Waals surface area contributed by atoms with E-state index in [1.807, 2.05) is 43.4 Å². The molecule has 0 aliphatic heterocycles. The Morgan fingerprint density at radius 1 is 1.06 bits per heavy atom. The first-order valence-electron chi connectivity index (χ1n) is 5.46. The largest absolute Gasteiger partial charge is 0.316 e. The van der Waals surface area contributed by atoms with Gasteiger partial charge in [-0.15, -0.1) is 0 Å². The van der Waals surface area contributed by atoms with Crippen LogP contribution >= 0.6 is 11.8 Å². The van der Waals surface area contributed by atoms with Gasteiger partial charge in [-0.25, -0.2) is 4.39 Å². The van der Waals surface area contributed by atoms with Gasteiger partial charge in [0.2, 0.25) is 0 Å². The molecule has 0 heterocycles. The summed E-state index contributed by atoms with van der Waals surface area (Å²) in [6.07, 6.45) is 0. The average molecular weight is 247 g/mol. The van der Waals surface area contributed by atoms with Crippen LogP contribution in [0, 0.1) is 5.82 Å². The van der Waals surface area contributed by atoms with E-state index in [0.717, 1.165) is 15.4 Å². The first kappa shape index (κ1) is 12.1. The molecule has 88 valence electrons. The summed E-state index contributed by atoms with van der Waals surface area (Å²) in [7, 11) is 1.82. The molecule has 0 aliphatic rings. The van der Waals surface area contributed by atoms with E-state index in [4.69, 9.17) is 0 Å². The zero-order valence-electron chi connectivity index (χ0n) is 9.61. The molecule has 0 saturated heterocycles. The number of halogens is 1. The summed E-state index contributed by atoms with van der Waals surface area (Å²) >= 11 is 1.59. The molecule has 0 radical (unpaired) electrons. The Bertz CT molecular complexity index is 485. The van der Waals surface area contributed by atoms with Crippen LogP contribution in [0.15, 0.2) is 58.3 Å². The third kappa shape index (κ3) is 3.08. The van der Waals surface area contributed by atoms with Crippen molar-refractivity contribution in [3.63, 3.8) is 0 Å². The third-order valence-corrected chi connectivity index (χ3v) is 3.51. The van der Waals surface area contributed by atoms with Gasteiger partial charge in [-0.2, -0.15) is 0 Å². The topological polar surface area (TPSA) is 12.0 Å². The van der Waals surface area contributed by atoms with Crippen LogP contribution in [-0.4, -0.2) is 7.05 Å². The summed E-state index contributed by atoms with van der Waals surface area (Å²) in [6, 6.07) is 15.2. The molecule has 0 aliphatic carbocycles. The maximum absolute atomic E-state index is 13.7. The van der Waals surface area contributed by atoms with Crippen LogP contribution in [-0.2, 0) is 6.54 Å². The molecule has 0 saturated carbocycles. The van der Waals surface area contributed by atoms with Crippen LogP contribution < -0.4 is 5.32 Å². The number of hydrogen-bond donors (Lipinski definition) is 1. The maximum Gasteiger partial charge on any atom is 0.128 e. The zero-order valence-corrected chi connectivity index (χ0v) is 10.4. The van der Waals surface area contributed by atoms with Crippen molar-refractivity contribution in [2.24, 2.45) is 0 Å². The van der Waals surface area contributed by atoms with Crippen LogP contribution in [0.2, 0.25) is 0 Å². The normalized spacial score (nSPS) is 10.5. The lowest BCUT2D eigenvalue weighted by atomic mass is 10.2. The molecule has 0 atom stereocenters. The lowest BCUT2D eigenvalue weighted by Gasteiger charge is -2.09. The molecule has 0 amide bonds. The molecule has 0 aromatic heterocycles. The Kier molecular flexibility index (Phi) is 4.18. The first-order chi connectivity index (χ1) is 8.31. The fraction of sp³-hybridized carbons (Fsp3) is 0.143. The molecule has 17 heavy (non-hydrogen) atoms. The van der Waals surface area contributed by atoms with Crippen molar-refractivity contribution in [2.75, 3.05) is 7.05 Å². The summed E-state index contributed by atoms with van der Waals surface area (Å²) in [5, 5.41) is 3.00. The molecule has 0 bridgehead atoms. The maximum atomic E-state index is 13.7. The van der Waals surface area contributed by atoms with Crippen LogP contribution in [0.3, 0.4) is 0 Å². The number of nitrogens with one attached hydrogen (secondary N) is 1. The van der Waals surface area contributed by atoms with Crippen LogP contribution in [0.1, 0.15) is 5.56 Å². The SMILES string of the molecule is CNCc1c(F)cccc1Sc1ccccc1. The van der Waals surface area contributed by atoms with Gasteiger partial charge >= 0.3 is 0 Å². The van der Waals surface area contributed by atoms with E-state index in [-0.39, 0.29) is 5.82 Å². The second kappa shape index (κ2) is 5.84. The highest BCUT2D eigenvalue weighted by molar-refractivity contribution is 7.99. The molecule has 0 fully saturated rings. The Morgan fingerprint density at radius 3 is 2.53 bits per heavy atom. The third-order valence-electron chi connectivity index (χ3n) is 2.40. The smallest absolute Gasteiger partial charge is 0.128 e. The van der Waals surface area contributed by atoms with Gasteiger partial charge in [-0.1, -0.05) is 36.0 Å². The van der Waals surface area contributed by atoms with E-state index >= 15 is 0 Å². The molecule has 3 heteroatoms. The molecular formula is C14H14FNS. The minimum absolute atomic E-state index is 0.153. The fourth-order valence-corrected chi connectivity index (χ4v) is 2.58. The van der Waals surface area contributed by atoms with Crippen molar-refractivity contribution in [3.8, 4) is 0 Å².